The van der Waals surface area contributed by atoms with E-state index in [1.807, 2.05) is 18.2 Å². The minimum atomic E-state index is -0.508. The molecule has 2 aliphatic heterocycles. The van der Waals surface area contributed by atoms with E-state index in [0.29, 0.717) is 25.8 Å². The third kappa shape index (κ3) is 3.09. The van der Waals surface area contributed by atoms with Gasteiger partial charge in [-0.3, -0.25) is 4.90 Å². The number of ether oxygens (including phenoxy) is 2. The first-order valence-electron chi connectivity index (χ1n) is 8.16. The average molecular weight is 331 g/mol. The summed E-state index contributed by atoms with van der Waals surface area (Å²) in [5.41, 5.74) is 0.895. The maximum Gasteiger partial charge on any atom is 0.161 e. The lowest BCUT2D eigenvalue weighted by Gasteiger charge is -2.27. The van der Waals surface area contributed by atoms with Crippen molar-refractivity contribution in [3.05, 3.63) is 46.2 Å². The van der Waals surface area contributed by atoms with Gasteiger partial charge >= 0.3 is 0 Å². The van der Waals surface area contributed by atoms with Crippen LogP contribution in [0.3, 0.4) is 0 Å². The fourth-order valence-corrected chi connectivity index (χ4v) is 4.34. The molecule has 0 radical (unpaired) electrons. The number of likely N-dealkylation sites (tertiary alicyclic amines) is 1. The molecule has 1 aromatic carbocycles. The number of rotatable bonds is 4. The third-order valence-electron chi connectivity index (χ3n) is 4.59. The second-order valence-corrected chi connectivity index (χ2v) is 7.07. The minimum Gasteiger partial charge on any atom is -0.486 e. The van der Waals surface area contributed by atoms with Crippen molar-refractivity contribution in [1.82, 2.24) is 4.90 Å². The maximum absolute atomic E-state index is 10.7. The highest BCUT2D eigenvalue weighted by atomic mass is 32.1. The Morgan fingerprint density at radius 1 is 1.22 bits per heavy atom. The van der Waals surface area contributed by atoms with Crippen LogP contribution in [0.15, 0.2) is 35.7 Å². The van der Waals surface area contributed by atoms with Crippen LogP contribution in [0, 0.1) is 0 Å². The first-order valence-corrected chi connectivity index (χ1v) is 9.04. The molecule has 1 aromatic heterocycles. The smallest absolute Gasteiger partial charge is 0.161 e. The van der Waals surface area contributed by atoms with Gasteiger partial charge in [-0.15, -0.1) is 11.3 Å². The van der Waals surface area contributed by atoms with E-state index >= 15 is 0 Å². The van der Waals surface area contributed by atoms with Crippen LogP contribution in [0.2, 0.25) is 0 Å². The second-order valence-electron chi connectivity index (χ2n) is 6.09. The van der Waals surface area contributed by atoms with E-state index in [9.17, 15) is 5.11 Å². The molecule has 0 bridgehead atoms. The number of nitrogens with zero attached hydrogens (tertiary/aromatic N) is 1. The summed E-state index contributed by atoms with van der Waals surface area (Å²) in [6.07, 6.45) is 1.86. The Balaban J connectivity index is 1.48. The van der Waals surface area contributed by atoms with Gasteiger partial charge in [0.2, 0.25) is 0 Å². The van der Waals surface area contributed by atoms with Crippen molar-refractivity contribution in [3.63, 3.8) is 0 Å². The van der Waals surface area contributed by atoms with Gasteiger partial charge in [-0.2, -0.15) is 0 Å². The summed E-state index contributed by atoms with van der Waals surface area (Å²) in [5, 5.41) is 12.8. The second kappa shape index (κ2) is 6.51. The van der Waals surface area contributed by atoms with Gasteiger partial charge in [-0.25, -0.2) is 0 Å². The summed E-state index contributed by atoms with van der Waals surface area (Å²) >= 11 is 1.81. The largest absolute Gasteiger partial charge is 0.486 e. The first kappa shape index (κ1) is 15.0. The van der Waals surface area contributed by atoms with Gasteiger partial charge in [0, 0.05) is 17.5 Å². The van der Waals surface area contributed by atoms with Gasteiger partial charge in [0.25, 0.3) is 0 Å². The molecule has 3 heterocycles. The topological polar surface area (TPSA) is 41.9 Å². The van der Waals surface area contributed by atoms with E-state index in [0.717, 1.165) is 23.6 Å². The molecule has 1 fully saturated rings. The van der Waals surface area contributed by atoms with Gasteiger partial charge in [-0.05, 0) is 48.5 Å². The number of β-amino-alcohol motifs (C(OH)–C–C–N with tert-alkyl or cyclic N) is 1. The van der Waals surface area contributed by atoms with Gasteiger partial charge < -0.3 is 14.6 Å². The molecule has 2 unspecified atom stereocenters. The van der Waals surface area contributed by atoms with Crippen molar-refractivity contribution >= 4 is 11.3 Å². The molecule has 0 saturated carbocycles. The zero-order valence-corrected chi connectivity index (χ0v) is 13.8. The normalized spacial score (nSPS) is 22.2. The van der Waals surface area contributed by atoms with Crippen molar-refractivity contribution in [2.45, 2.75) is 25.0 Å². The highest BCUT2D eigenvalue weighted by molar-refractivity contribution is 7.10. The van der Waals surface area contributed by atoms with E-state index in [1.54, 1.807) is 11.3 Å². The molecule has 5 heteroatoms. The molecule has 0 spiro atoms. The van der Waals surface area contributed by atoms with Crippen LogP contribution in [0.4, 0.5) is 0 Å². The molecule has 1 saturated heterocycles. The van der Waals surface area contributed by atoms with E-state index < -0.39 is 6.10 Å². The molecule has 1 N–H and O–H groups in total. The highest BCUT2D eigenvalue weighted by Crippen LogP contribution is 2.37. The van der Waals surface area contributed by atoms with Gasteiger partial charge in [-0.1, -0.05) is 12.1 Å². The molecule has 2 atom stereocenters. The lowest BCUT2D eigenvalue weighted by atomic mass is 10.1. The Morgan fingerprint density at radius 2 is 2.09 bits per heavy atom. The lowest BCUT2D eigenvalue weighted by Crippen LogP contribution is -2.28. The molecule has 122 valence electrons. The highest BCUT2D eigenvalue weighted by Gasteiger charge is 2.28. The van der Waals surface area contributed by atoms with Crippen molar-refractivity contribution in [2.75, 3.05) is 26.3 Å². The Kier molecular flexibility index (Phi) is 4.25. The van der Waals surface area contributed by atoms with E-state index in [4.69, 9.17) is 9.47 Å². The van der Waals surface area contributed by atoms with Gasteiger partial charge in [0.05, 0.1) is 6.10 Å². The average Bonchev–Trinajstić information content (AvgIpc) is 3.25. The predicted molar refractivity (Wildman–Crippen MR) is 90.3 cm³/mol. The summed E-state index contributed by atoms with van der Waals surface area (Å²) in [4.78, 5) is 3.80. The van der Waals surface area contributed by atoms with Gasteiger partial charge in [0.15, 0.2) is 11.5 Å². The number of hydrogen-bond donors (Lipinski definition) is 1. The zero-order valence-electron chi connectivity index (χ0n) is 13.0. The van der Waals surface area contributed by atoms with Crippen LogP contribution >= 0.6 is 11.3 Å². The Hall–Kier alpha value is -1.56. The molecule has 4 nitrogen and oxygen atoms in total. The Labute approximate surface area is 140 Å². The van der Waals surface area contributed by atoms with Crippen molar-refractivity contribution in [2.24, 2.45) is 0 Å². The minimum absolute atomic E-state index is 0.446. The number of aliphatic hydroxyl groups is 1. The summed E-state index contributed by atoms with van der Waals surface area (Å²) < 4.78 is 11.2. The van der Waals surface area contributed by atoms with Crippen LogP contribution in [0.1, 0.15) is 35.4 Å². The molecule has 2 aromatic rings. The fourth-order valence-electron chi connectivity index (χ4n) is 3.44. The van der Waals surface area contributed by atoms with E-state index in [1.165, 1.54) is 17.7 Å². The first-order chi connectivity index (χ1) is 11.3. The Bertz CT molecular complexity index is 658. The quantitative estimate of drug-likeness (QED) is 0.932. The number of fused-ring (bicyclic) bond motifs is 1. The van der Waals surface area contributed by atoms with Crippen LogP contribution < -0.4 is 9.47 Å². The predicted octanol–water partition coefficient (Wildman–Crippen LogP) is 3.39. The summed E-state index contributed by atoms with van der Waals surface area (Å²) in [6.45, 7) is 2.86. The van der Waals surface area contributed by atoms with Crippen LogP contribution in [0.25, 0.3) is 0 Å². The zero-order chi connectivity index (χ0) is 15.6. The SMILES string of the molecule is OC(CN1CCCC1c1cccs1)c1ccc2c(c1)OCCO2. The number of benzene rings is 1. The van der Waals surface area contributed by atoms with Crippen molar-refractivity contribution < 1.29 is 14.6 Å². The van der Waals surface area contributed by atoms with Crippen LogP contribution in [-0.2, 0) is 0 Å². The molecular formula is C18H21NO3S. The summed E-state index contributed by atoms with van der Waals surface area (Å²) in [6, 6.07) is 10.5. The van der Waals surface area contributed by atoms with Crippen LogP contribution in [-0.4, -0.2) is 36.3 Å². The van der Waals surface area contributed by atoms with Gasteiger partial charge in [0.1, 0.15) is 13.2 Å². The Morgan fingerprint density at radius 3 is 2.91 bits per heavy atom. The molecule has 2 aliphatic rings. The van der Waals surface area contributed by atoms with Crippen LogP contribution in [0.5, 0.6) is 11.5 Å². The monoisotopic (exact) mass is 331 g/mol. The summed E-state index contributed by atoms with van der Waals surface area (Å²) in [7, 11) is 0. The van der Waals surface area contributed by atoms with Crippen molar-refractivity contribution in [3.8, 4) is 11.5 Å². The summed E-state index contributed by atoms with van der Waals surface area (Å²) in [5.74, 6) is 1.51. The number of thiophene rings is 1. The third-order valence-corrected chi connectivity index (χ3v) is 5.57. The van der Waals surface area contributed by atoms with E-state index in [2.05, 4.69) is 22.4 Å². The van der Waals surface area contributed by atoms with Crippen molar-refractivity contribution in [1.29, 1.82) is 0 Å². The lowest BCUT2D eigenvalue weighted by molar-refractivity contribution is 0.106. The fraction of sp³-hybridized carbons (Fsp3) is 0.444. The molecule has 23 heavy (non-hydrogen) atoms. The number of aliphatic hydroxyl groups excluding tert-OH is 1. The van der Waals surface area contributed by atoms with E-state index in [-0.39, 0.29) is 0 Å². The molecule has 0 aliphatic carbocycles. The number of hydrogen-bond acceptors (Lipinski definition) is 5. The maximum atomic E-state index is 10.7. The standard InChI is InChI=1S/C18H21NO3S/c20-15(13-5-6-16-17(11-13)22-9-8-21-16)12-19-7-1-3-14(19)18-4-2-10-23-18/h2,4-6,10-11,14-15,20H,1,3,7-9,12H2. The molecule has 4 rings (SSSR count). The molecule has 0 amide bonds. The molecular weight excluding hydrogens is 310 g/mol.